The number of anilines is 1. The number of likely N-dealkylation sites (tertiary alicyclic amines) is 1. The highest BCUT2D eigenvalue weighted by molar-refractivity contribution is 5.94. The van der Waals surface area contributed by atoms with Crippen LogP contribution in [0.1, 0.15) is 41.7 Å². The van der Waals surface area contributed by atoms with Crippen molar-refractivity contribution in [2.24, 2.45) is 0 Å². The molecular weight excluding hydrogens is 350 g/mol. The third-order valence-electron chi connectivity index (χ3n) is 5.26. The first-order valence-electron chi connectivity index (χ1n) is 10.1. The number of amides is 1. The highest BCUT2D eigenvalue weighted by Gasteiger charge is 2.24. The maximum atomic E-state index is 12.6. The Morgan fingerprint density at radius 3 is 2.29 bits per heavy atom. The molecule has 2 aromatic rings. The Hall–Kier alpha value is -2.53. The second-order valence-electron chi connectivity index (χ2n) is 7.41. The van der Waals surface area contributed by atoms with E-state index >= 15 is 0 Å². The zero-order chi connectivity index (χ0) is 19.9. The summed E-state index contributed by atoms with van der Waals surface area (Å²) in [5.41, 5.74) is 3.09. The summed E-state index contributed by atoms with van der Waals surface area (Å²) in [6, 6.07) is 16.2. The zero-order valence-corrected chi connectivity index (χ0v) is 17.1. The van der Waals surface area contributed by atoms with Gasteiger partial charge in [0, 0.05) is 31.9 Å². The molecule has 1 unspecified atom stereocenters. The van der Waals surface area contributed by atoms with Gasteiger partial charge in [-0.05, 0) is 74.8 Å². The molecule has 150 valence electrons. The molecule has 0 saturated carbocycles. The Morgan fingerprint density at radius 1 is 1.07 bits per heavy atom. The SMILES string of the molecule is CCOc1ccc(C(=O)NCC(c2ccc(N(C)C)cc2)N2CCCC2)cc1. The molecule has 1 amide bonds. The fourth-order valence-corrected chi connectivity index (χ4v) is 3.67. The van der Waals surface area contributed by atoms with E-state index in [2.05, 4.69) is 39.4 Å². The number of hydrogen-bond donors (Lipinski definition) is 1. The maximum Gasteiger partial charge on any atom is 0.251 e. The van der Waals surface area contributed by atoms with E-state index in [0.29, 0.717) is 18.7 Å². The third-order valence-corrected chi connectivity index (χ3v) is 5.26. The molecule has 1 aliphatic heterocycles. The van der Waals surface area contributed by atoms with E-state index < -0.39 is 0 Å². The number of nitrogens with zero attached hydrogens (tertiary/aromatic N) is 2. The van der Waals surface area contributed by atoms with Crippen LogP contribution in [0.5, 0.6) is 5.75 Å². The van der Waals surface area contributed by atoms with E-state index in [1.54, 1.807) is 0 Å². The smallest absolute Gasteiger partial charge is 0.251 e. The van der Waals surface area contributed by atoms with Crippen molar-refractivity contribution in [3.05, 3.63) is 59.7 Å². The van der Waals surface area contributed by atoms with Crippen LogP contribution in [-0.4, -0.2) is 51.1 Å². The number of carbonyl (C=O) groups excluding carboxylic acids is 1. The topological polar surface area (TPSA) is 44.8 Å². The molecule has 5 nitrogen and oxygen atoms in total. The van der Waals surface area contributed by atoms with Crippen LogP contribution in [0, 0.1) is 0 Å². The molecule has 5 heteroatoms. The standard InChI is InChI=1S/C23H31N3O2/c1-4-28-21-13-9-19(10-14-21)23(27)24-17-22(26-15-5-6-16-26)18-7-11-20(12-8-18)25(2)3/h7-14,22H,4-6,15-17H2,1-3H3,(H,24,27). The third kappa shape index (κ3) is 5.04. The molecule has 1 N–H and O–H groups in total. The van der Waals surface area contributed by atoms with Gasteiger partial charge in [0.05, 0.1) is 12.6 Å². The first kappa shape index (κ1) is 20.2. The van der Waals surface area contributed by atoms with Crippen LogP contribution in [0.4, 0.5) is 5.69 Å². The summed E-state index contributed by atoms with van der Waals surface area (Å²) >= 11 is 0. The molecule has 3 rings (SSSR count). The summed E-state index contributed by atoms with van der Waals surface area (Å²) in [7, 11) is 4.09. The molecule has 1 atom stereocenters. The zero-order valence-electron chi connectivity index (χ0n) is 17.1. The predicted octanol–water partition coefficient (Wildman–Crippen LogP) is 3.72. The minimum absolute atomic E-state index is 0.0443. The van der Waals surface area contributed by atoms with Gasteiger partial charge in [-0.3, -0.25) is 9.69 Å². The van der Waals surface area contributed by atoms with Crippen molar-refractivity contribution >= 4 is 11.6 Å². The highest BCUT2D eigenvalue weighted by Crippen LogP contribution is 2.26. The van der Waals surface area contributed by atoms with Gasteiger partial charge in [-0.2, -0.15) is 0 Å². The Balaban J connectivity index is 1.68. The van der Waals surface area contributed by atoms with E-state index in [1.807, 2.05) is 45.3 Å². The van der Waals surface area contributed by atoms with Crippen LogP contribution >= 0.6 is 0 Å². The average molecular weight is 382 g/mol. The first-order valence-corrected chi connectivity index (χ1v) is 10.1. The van der Waals surface area contributed by atoms with Gasteiger partial charge in [-0.1, -0.05) is 12.1 Å². The van der Waals surface area contributed by atoms with E-state index in [-0.39, 0.29) is 11.9 Å². The summed E-state index contributed by atoms with van der Waals surface area (Å²) in [6.45, 7) is 5.34. The Bertz CT molecular complexity index is 750. The van der Waals surface area contributed by atoms with Gasteiger partial charge in [0.25, 0.3) is 5.91 Å². The van der Waals surface area contributed by atoms with Gasteiger partial charge in [0.1, 0.15) is 5.75 Å². The monoisotopic (exact) mass is 381 g/mol. The van der Waals surface area contributed by atoms with Gasteiger partial charge >= 0.3 is 0 Å². The number of rotatable bonds is 8. The summed E-state index contributed by atoms with van der Waals surface area (Å²) < 4.78 is 5.45. The van der Waals surface area contributed by atoms with Crippen molar-refractivity contribution in [2.45, 2.75) is 25.8 Å². The largest absolute Gasteiger partial charge is 0.494 e. The van der Waals surface area contributed by atoms with E-state index in [4.69, 9.17) is 4.74 Å². The lowest BCUT2D eigenvalue weighted by Gasteiger charge is -2.28. The van der Waals surface area contributed by atoms with Gasteiger partial charge in [-0.15, -0.1) is 0 Å². The van der Waals surface area contributed by atoms with Crippen LogP contribution in [-0.2, 0) is 0 Å². The summed E-state index contributed by atoms with van der Waals surface area (Å²) in [4.78, 5) is 17.2. The number of hydrogen-bond acceptors (Lipinski definition) is 4. The van der Waals surface area contributed by atoms with E-state index in [9.17, 15) is 4.79 Å². The van der Waals surface area contributed by atoms with Crippen LogP contribution in [0.25, 0.3) is 0 Å². The maximum absolute atomic E-state index is 12.6. The van der Waals surface area contributed by atoms with E-state index in [1.165, 1.54) is 24.1 Å². The number of benzene rings is 2. The molecule has 28 heavy (non-hydrogen) atoms. The lowest BCUT2D eigenvalue weighted by atomic mass is 10.0. The van der Waals surface area contributed by atoms with Crippen molar-refractivity contribution in [1.29, 1.82) is 0 Å². The molecule has 1 saturated heterocycles. The fraction of sp³-hybridized carbons (Fsp3) is 0.435. The lowest BCUT2D eigenvalue weighted by Crippen LogP contribution is -2.36. The molecule has 1 aliphatic rings. The Labute approximate surface area is 168 Å². The molecule has 1 fully saturated rings. The van der Waals surface area contributed by atoms with Crippen molar-refractivity contribution in [1.82, 2.24) is 10.2 Å². The molecule has 0 aliphatic carbocycles. The average Bonchev–Trinajstić information content (AvgIpc) is 3.24. The molecule has 1 heterocycles. The van der Waals surface area contributed by atoms with Crippen molar-refractivity contribution in [3.63, 3.8) is 0 Å². The van der Waals surface area contributed by atoms with Crippen molar-refractivity contribution < 1.29 is 9.53 Å². The molecule has 0 aromatic heterocycles. The van der Waals surface area contributed by atoms with Gasteiger partial charge in [0.15, 0.2) is 0 Å². The van der Waals surface area contributed by atoms with Crippen LogP contribution in [0.2, 0.25) is 0 Å². The summed E-state index contributed by atoms with van der Waals surface area (Å²) in [6.07, 6.45) is 2.44. The highest BCUT2D eigenvalue weighted by atomic mass is 16.5. The van der Waals surface area contributed by atoms with Crippen LogP contribution < -0.4 is 15.0 Å². The number of carbonyl (C=O) groups is 1. The Kier molecular flexibility index (Phi) is 6.93. The molecule has 0 spiro atoms. The Morgan fingerprint density at radius 2 is 1.71 bits per heavy atom. The molecule has 0 bridgehead atoms. The lowest BCUT2D eigenvalue weighted by molar-refractivity contribution is 0.0938. The first-order chi connectivity index (χ1) is 13.6. The number of ether oxygens (including phenoxy) is 1. The minimum Gasteiger partial charge on any atom is -0.494 e. The van der Waals surface area contributed by atoms with Crippen LogP contribution in [0.15, 0.2) is 48.5 Å². The summed E-state index contributed by atoms with van der Waals surface area (Å²) in [5, 5.41) is 3.13. The molecule has 0 radical (unpaired) electrons. The molecular formula is C23H31N3O2. The van der Waals surface area contributed by atoms with Crippen LogP contribution in [0.3, 0.4) is 0 Å². The fourth-order valence-electron chi connectivity index (χ4n) is 3.67. The van der Waals surface area contributed by atoms with Gasteiger partial charge < -0.3 is 15.0 Å². The predicted molar refractivity (Wildman–Crippen MR) is 114 cm³/mol. The van der Waals surface area contributed by atoms with Crippen molar-refractivity contribution in [2.75, 3.05) is 45.2 Å². The second-order valence-corrected chi connectivity index (χ2v) is 7.41. The van der Waals surface area contributed by atoms with Crippen molar-refractivity contribution in [3.8, 4) is 5.75 Å². The molecule has 2 aromatic carbocycles. The normalized spacial score (nSPS) is 15.2. The van der Waals surface area contributed by atoms with Gasteiger partial charge in [0.2, 0.25) is 0 Å². The quantitative estimate of drug-likeness (QED) is 0.757. The minimum atomic E-state index is -0.0443. The second kappa shape index (κ2) is 9.60. The summed E-state index contributed by atoms with van der Waals surface area (Å²) in [5.74, 6) is 0.743. The van der Waals surface area contributed by atoms with Gasteiger partial charge in [-0.25, -0.2) is 0 Å². The van der Waals surface area contributed by atoms with E-state index in [0.717, 1.165) is 18.8 Å². The number of nitrogens with one attached hydrogen (secondary N) is 1.